The van der Waals surface area contributed by atoms with E-state index in [0.717, 1.165) is 62.4 Å². The minimum absolute atomic E-state index is 0.0301. The van der Waals surface area contributed by atoms with Gasteiger partial charge in [-0.1, -0.05) is 0 Å². The normalized spacial score (nSPS) is 21.9. The van der Waals surface area contributed by atoms with Gasteiger partial charge in [0.05, 0.1) is 31.5 Å². The van der Waals surface area contributed by atoms with Crippen molar-refractivity contribution in [1.29, 1.82) is 0 Å². The predicted molar refractivity (Wildman–Crippen MR) is 200 cm³/mol. The van der Waals surface area contributed by atoms with E-state index < -0.39 is 23.5 Å². The van der Waals surface area contributed by atoms with Gasteiger partial charge in [0.2, 0.25) is 5.79 Å². The number of ether oxygens (including phenoxy) is 4. The number of benzene rings is 3. The number of rotatable bonds is 12. The van der Waals surface area contributed by atoms with E-state index in [0.29, 0.717) is 19.0 Å². The molecule has 0 saturated carbocycles. The molecule has 290 valence electrons. The number of halogens is 2. The van der Waals surface area contributed by atoms with Gasteiger partial charge in [0.15, 0.2) is 0 Å². The van der Waals surface area contributed by atoms with Gasteiger partial charge in [-0.3, -0.25) is 4.90 Å². The average Bonchev–Trinajstić information content (AvgIpc) is 3.98. The van der Waals surface area contributed by atoms with Crippen molar-refractivity contribution in [3.05, 3.63) is 113 Å². The Kier molecular flexibility index (Phi) is 10.6. The van der Waals surface area contributed by atoms with E-state index in [9.17, 15) is 13.6 Å². The molecule has 4 unspecified atom stereocenters. The lowest BCUT2D eigenvalue weighted by Gasteiger charge is -2.37. The fraction of sp³-hybridized carbons (Fsp3) is 0.436. The summed E-state index contributed by atoms with van der Waals surface area (Å²) in [6, 6.07) is 19.4. The number of morpholine rings is 1. The Hall–Kier alpha value is -5.16. The monoisotopic (exact) mass is 757 g/mol. The van der Waals surface area contributed by atoms with Crippen LogP contribution in [0.1, 0.15) is 25.5 Å². The molecule has 0 aliphatic carbocycles. The molecule has 0 amide bonds. The largest absolute Gasteiger partial charge is 0.491 e. The van der Waals surface area contributed by atoms with E-state index in [-0.39, 0.29) is 43.1 Å². The Labute approximate surface area is 317 Å². The second kappa shape index (κ2) is 15.9. The van der Waals surface area contributed by atoms with Crippen molar-refractivity contribution in [2.24, 2.45) is 0 Å². The minimum Gasteiger partial charge on any atom is -0.491 e. The van der Waals surface area contributed by atoms with Crippen LogP contribution in [0.3, 0.4) is 0 Å². The molecule has 8 rings (SSSR count). The van der Waals surface area contributed by atoms with E-state index in [1.807, 2.05) is 43.3 Å². The fourth-order valence-corrected chi connectivity index (χ4v) is 7.54. The SMILES string of the molecule is CC(C(C)n1ncn(-c2ccc(N3CCN(c4ccc(OCC5COC(Cn6cncn6)(c6ccc(F)cc6F)O5)cc4)CC3)cc2)c1=O)N1CCOCC1. The highest BCUT2D eigenvalue weighted by Gasteiger charge is 2.46. The van der Waals surface area contributed by atoms with Gasteiger partial charge in [-0.15, -0.1) is 0 Å². The molecule has 2 aromatic heterocycles. The number of anilines is 2. The standard InChI is InChI=1S/C39H45F2N9O5/c1-28(45-17-19-52-20-18-45)29(2)50-38(51)49(27-44-50)33-6-4-31(5-7-33)46-13-15-47(16-14-46)32-8-10-34(11-9-32)53-22-35-23-54-39(55-35,24-48-26-42-25-43-48)36-12-3-30(40)21-37(36)41/h3-12,21,25-29,35H,13-20,22-24H2,1-2H3. The van der Waals surface area contributed by atoms with Crippen molar-refractivity contribution in [3.63, 3.8) is 0 Å². The average molecular weight is 758 g/mol. The maximum Gasteiger partial charge on any atom is 0.350 e. The molecule has 0 N–H and O–H groups in total. The number of hydrogen-bond acceptors (Lipinski definition) is 11. The van der Waals surface area contributed by atoms with Crippen molar-refractivity contribution in [1.82, 2.24) is 34.0 Å². The molecule has 16 heteroatoms. The summed E-state index contributed by atoms with van der Waals surface area (Å²) in [4.78, 5) is 24.4. The zero-order chi connectivity index (χ0) is 37.9. The summed E-state index contributed by atoms with van der Waals surface area (Å²) in [5.74, 6) is -2.31. The molecular formula is C39H45F2N9O5. The maximum atomic E-state index is 14.9. The highest BCUT2D eigenvalue weighted by molar-refractivity contribution is 5.54. The van der Waals surface area contributed by atoms with E-state index >= 15 is 0 Å². The molecule has 5 heterocycles. The Morgan fingerprint density at radius 2 is 1.51 bits per heavy atom. The summed E-state index contributed by atoms with van der Waals surface area (Å²) in [5.41, 5.74) is 2.91. The smallest absolute Gasteiger partial charge is 0.350 e. The van der Waals surface area contributed by atoms with Gasteiger partial charge < -0.3 is 28.7 Å². The van der Waals surface area contributed by atoms with Crippen LogP contribution < -0.4 is 20.2 Å². The quantitative estimate of drug-likeness (QED) is 0.185. The number of hydrogen-bond donors (Lipinski definition) is 0. The zero-order valence-electron chi connectivity index (χ0n) is 30.9. The first-order chi connectivity index (χ1) is 26.8. The van der Waals surface area contributed by atoms with Gasteiger partial charge in [0, 0.05) is 68.3 Å². The Morgan fingerprint density at radius 3 is 2.16 bits per heavy atom. The summed E-state index contributed by atoms with van der Waals surface area (Å²) in [6.07, 6.45) is 3.95. The molecule has 3 aliphatic rings. The molecule has 0 radical (unpaired) electrons. The van der Waals surface area contributed by atoms with Gasteiger partial charge in [0.1, 0.15) is 55.6 Å². The van der Waals surface area contributed by atoms with Crippen LogP contribution in [-0.2, 0) is 26.5 Å². The first kappa shape index (κ1) is 36.8. The van der Waals surface area contributed by atoms with Crippen molar-refractivity contribution in [2.45, 2.75) is 44.4 Å². The maximum absolute atomic E-state index is 14.9. The van der Waals surface area contributed by atoms with E-state index in [2.05, 4.69) is 48.9 Å². The lowest BCUT2D eigenvalue weighted by molar-refractivity contribution is -0.192. The van der Waals surface area contributed by atoms with E-state index in [4.69, 9.17) is 18.9 Å². The van der Waals surface area contributed by atoms with Crippen molar-refractivity contribution < 1.29 is 27.7 Å². The Morgan fingerprint density at radius 1 is 0.836 bits per heavy atom. The molecule has 14 nitrogen and oxygen atoms in total. The summed E-state index contributed by atoms with van der Waals surface area (Å²) in [5, 5.41) is 8.59. The molecule has 3 aromatic carbocycles. The van der Waals surface area contributed by atoms with Crippen molar-refractivity contribution >= 4 is 11.4 Å². The van der Waals surface area contributed by atoms with E-state index in [1.54, 1.807) is 15.6 Å². The first-order valence-electron chi connectivity index (χ1n) is 18.7. The van der Waals surface area contributed by atoms with Crippen LogP contribution in [0.15, 0.2) is 90.5 Å². The molecule has 3 saturated heterocycles. The van der Waals surface area contributed by atoms with Crippen LogP contribution >= 0.6 is 0 Å². The van der Waals surface area contributed by atoms with Gasteiger partial charge in [-0.2, -0.15) is 10.2 Å². The third kappa shape index (κ3) is 7.85. The fourth-order valence-electron chi connectivity index (χ4n) is 7.54. The summed E-state index contributed by atoms with van der Waals surface area (Å²) in [7, 11) is 0. The number of nitrogens with zero attached hydrogens (tertiary/aromatic N) is 9. The van der Waals surface area contributed by atoms with Gasteiger partial charge in [-0.05, 0) is 74.5 Å². The highest BCUT2D eigenvalue weighted by Crippen LogP contribution is 2.38. The third-order valence-corrected chi connectivity index (χ3v) is 10.8. The van der Waals surface area contributed by atoms with Crippen molar-refractivity contribution in [2.75, 3.05) is 75.5 Å². The predicted octanol–water partition coefficient (Wildman–Crippen LogP) is 3.86. The molecule has 0 bridgehead atoms. The number of aromatic nitrogens is 6. The molecule has 3 fully saturated rings. The molecule has 4 atom stereocenters. The second-order valence-corrected chi connectivity index (χ2v) is 14.2. The van der Waals surface area contributed by atoms with Crippen molar-refractivity contribution in [3.8, 4) is 11.4 Å². The van der Waals surface area contributed by atoms with Crippen LogP contribution in [0, 0.1) is 11.6 Å². The van der Waals surface area contributed by atoms with Gasteiger partial charge in [0.25, 0.3) is 0 Å². The van der Waals surface area contributed by atoms with Crippen LogP contribution in [0.2, 0.25) is 0 Å². The first-order valence-corrected chi connectivity index (χ1v) is 18.7. The second-order valence-electron chi connectivity index (χ2n) is 14.2. The molecular weight excluding hydrogens is 712 g/mol. The van der Waals surface area contributed by atoms with Crippen LogP contribution in [-0.4, -0.2) is 112 Å². The zero-order valence-corrected chi connectivity index (χ0v) is 30.9. The topological polar surface area (TPSA) is 117 Å². The third-order valence-electron chi connectivity index (χ3n) is 10.8. The minimum atomic E-state index is -1.52. The highest BCUT2D eigenvalue weighted by atomic mass is 19.1. The van der Waals surface area contributed by atoms with E-state index in [1.165, 1.54) is 29.5 Å². The lowest BCUT2D eigenvalue weighted by Crippen LogP contribution is -2.47. The molecule has 55 heavy (non-hydrogen) atoms. The Balaban J connectivity index is 0.833. The molecule has 3 aliphatic heterocycles. The van der Waals surface area contributed by atoms with Gasteiger partial charge in [-0.25, -0.2) is 32.5 Å². The molecule has 5 aromatic rings. The summed E-state index contributed by atoms with van der Waals surface area (Å²) >= 11 is 0. The summed E-state index contributed by atoms with van der Waals surface area (Å²) in [6.45, 7) is 11.0. The Bertz CT molecular complexity index is 2080. The lowest BCUT2D eigenvalue weighted by atomic mass is 10.0. The number of piperazine rings is 1. The van der Waals surface area contributed by atoms with Gasteiger partial charge >= 0.3 is 5.69 Å². The summed E-state index contributed by atoms with van der Waals surface area (Å²) < 4.78 is 57.2. The van der Waals surface area contributed by atoms with Crippen LogP contribution in [0.5, 0.6) is 5.75 Å². The van der Waals surface area contributed by atoms with Crippen LogP contribution in [0.4, 0.5) is 20.2 Å². The van der Waals surface area contributed by atoms with Crippen LogP contribution in [0.25, 0.3) is 5.69 Å². The molecule has 0 spiro atoms.